The van der Waals surface area contributed by atoms with E-state index >= 15 is 0 Å². The number of likely N-dealkylation sites (tertiary alicyclic amines) is 2. The van der Waals surface area contributed by atoms with E-state index in [4.69, 9.17) is 0 Å². The first kappa shape index (κ1) is 14.5. The van der Waals surface area contributed by atoms with E-state index in [-0.39, 0.29) is 0 Å². The van der Waals surface area contributed by atoms with Crippen molar-refractivity contribution in [3.8, 4) is 0 Å². The largest absolute Gasteiger partial charge is 0.300 e. The van der Waals surface area contributed by atoms with Gasteiger partial charge in [0.25, 0.3) is 0 Å². The number of nitrogens with zero attached hydrogens (tertiary/aromatic N) is 3. The topological polar surface area (TPSA) is 19.4 Å². The molecule has 4 heteroatoms. The maximum atomic E-state index is 4.48. The van der Waals surface area contributed by atoms with E-state index in [1.165, 1.54) is 64.0 Å². The van der Waals surface area contributed by atoms with Crippen molar-refractivity contribution in [2.24, 2.45) is 0 Å². The molecule has 1 aromatic rings. The van der Waals surface area contributed by atoms with E-state index in [1.54, 1.807) is 0 Å². The van der Waals surface area contributed by atoms with Gasteiger partial charge in [-0.25, -0.2) is 0 Å². The van der Waals surface area contributed by atoms with Crippen molar-refractivity contribution in [2.45, 2.75) is 44.7 Å². The van der Waals surface area contributed by atoms with Gasteiger partial charge >= 0.3 is 0 Å². The maximum absolute atomic E-state index is 4.48. The first-order chi connectivity index (χ1) is 9.81. The minimum absolute atomic E-state index is 0.837. The predicted molar refractivity (Wildman–Crippen MR) is 85.7 cm³/mol. The molecule has 110 valence electrons. The second-order valence-electron chi connectivity index (χ2n) is 6.07. The van der Waals surface area contributed by atoms with Crippen LogP contribution in [0, 0.1) is 0 Å². The van der Waals surface area contributed by atoms with Crippen LogP contribution in [0.2, 0.25) is 0 Å². The van der Waals surface area contributed by atoms with Crippen molar-refractivity contribution in [1.29, 1.82) is 0 Å². The Morgan fingerprint density at radius 3 is 2.45 bits per heavy atom. The van der Waals surface area contributed by atoms with Crippen molar-refractivity contribution < 1.29 is 0 Å². The van der Waals surface area contributed by atoms with E-state index < -0.39 is 0 Å². The van der Waals surface area contributed by atoms with Crippen molar-refractivity contribution in [1.82, 2.24) is 14.8 Å². The molecule has 20 heavy (non-hydrogen) atoms. The van der Waals surface area contributed by atoms with Gasteiger partial charge in [-0.15, -0.1) is 0 Å². The number of aromatic nitrogens is 1. The summed E-state index contributed by atoms with van der Waals surface area (Å²) >= 11 is 3.44. The summed E-state index contributed by atoms with van der Waals surface area (Å²) < 4.78 is 1.06. The van der Waals surface area contributed by atoms with E-state index in [0.29, 0.717) is 0 Å². The van der Waals surface area contributed by atoms with Gasteiger partial charge in [0.1, 0.15) is 0 Å². The number of piperidine rings is 2. The lowest BCUT2D eigenvalue weighted by Gasteiger charge is -2.40. The summed E-state index contributed by atoms with van der Waals surface area (Å²) in [5, 5.41) is 0. The van der Waals surface area contributed by atoms with Gasteiger partial charge in [0.2, 0.25) is 0 Å². The van der Waals surface area contributed by atoms with E-state index in [1.807, 2.05) is 6.20 Å². The lowest BCUT2D eigenvalue weighted by molar-refractivity contribution is 0.0891. The molecule has 0 atom stereocenters. The summed E-state index contributed by atoms with van der Waals surface area (Å²) in [6.07, 6.45) is 8.81. The van der Waals surface area contributed by atoms with Gasteiger partial charge in [-0.1, -0.05) is 6.42 Å². The molecule has 0 radical (unpaired) electrons. The fourth-order valence-corrected chi connectivity index (χ4v) is 3.69. The van der Waals surface area contributed by atoms with E-state index in [0.717, 1.165) is 17.1 Å². The normalized spacial score (nSPS) is 23.1. The van der Waals surface area contributed by atoms with Crippen molar-refractivity contribution in [2.75, 3.05) is 26.2 Å². The molecule has 0 saturated carbocycles. The molecule has 0 bridgehead atoms. The SMILES string of the molecule is Brc1ccc(CN2CCC(N3CCCCC3)CC2)nc1. The monoisotopic (exact) mass is 337 g/mol. The Kier molecular flexibility index (Phi) is 5.08. The van der Waals surface area contributed by atoms with Gasteiger partial charge in [0.05, 0.1) is 5.69 Å². The molecule has 0 unspecified atom stereocenters. The minimum Gasteiger partial charge on any atom is -0.300 e. The Labute approximate surface area is 130 Å². The van der Waals surface area contributed by atoms with Crippen LogP contribution >= 0.6 is 15.9 Å². The first-order valence-electron chi connectivity index (χ1n) is 7.88. The number of rotatable bonds is 3. The van der Waals surface area contributed by atoms with Gasteiger partial charge < -0.3 is 4.90 Å². The van der Waals surface area contributed by atoms with Crippen LogP contribution in [0.15, 0.2) is 22.8 Å². The van der Waals surface area contributed by atoms with Gasteiger partial charge in [-0.3, -0.25) is 9.88 Å². The van der Waals surface area contributed by atoms with Crippen LogP contribution in [0.25, 0.3) is 0 Å². The molecule has 2 aliphatic heterocycles. The van der Waals surface area contributed by atoms with Gasteiger partial charge in [-0.05, 0) is 66.8 Å². The highest BCUT2D eigenvalue weighted by Gasteiger charge is 2.25. The Bertz CT molecular complexity index is 406. The van der Waals surface area contributed by atoms with Crippen LogP contribution in [0.4, 0.5) is 0 Å². The number of hydrogen-bond donors (Lipinski definition) is 0. The molecular weight excluding hydrogens is 314 g/mol. The second kappa shape index (κ2) is 7.01. The zero-order valence-corrected chi connectivity index (χ0v) is 13.7. The summed E-state index contributed by atoms with van der Waals surface area (Å²) in [5.41, 5.74) is 1.18. The Morgan fingerprint density at radius 2 is 1.80 bits per heavy atom. The Morgan fingerprint density at radius 1 is 1.05 bits per heavy atom. The van der Waals surface area contributed by atoms with Crippen molar-refractivity contribution >= 4 is 15.9 Å². The molecule has 0 aliphatic carbocycles. The first-order valence-corrected chi connectivity index (χ1v) is 8.67. The zero-order chi connectivity index (χ0) is 13.8. The fourth-order valence-electron chi connectivity index (χ4n) is 3.46. The lowest BCUT2D eigenvalue weighted by Crippen LogP contribution is -2.46. The number of halogens is 1. The average Bonchev–Trinajstić information content (AvgIpc) is 2.51. The Hall–Kier alpha value is -0.450. The van der Waals surface area contributed by atoms with Crippen LogP contribution in [0.1, 0.15) is 37.8 Å². The molecule has 0 N–H and O–H groups in total. The molecular formula is C16H24BrN3. The van der Waals surface area contributed by atoms with Crippen molar-refractivity contribution in [3.05, 3.63) is 28.5 Å². The number of hydrogen-bond acceptors (Lipinski definition) is 3. The third-order valence-electron chi connectivity index (χ3n) is 4.64. The average molecular weight is 338 g/mol. The third-order valence-corrected chi connectivity index (χ3v) is 5.11. The minimum atomic E-state index is 0.837. The Balaban J connectivity index is 1.47. The van der Waals surface area contributed by atoms with Gasteiger partial charge in [-0.2, -0.15) is 0 Å². The van der Waals surface area contributed by atoms with E-state index in [2.05, 4.69) is 42.8 Å². The highest BCUT2D eigenvalue weighted by atomic mass is 79.9. The van der Waals surface area contributed by atoms with Crippen LogP contribution in [0.5, 0.6) is 0 Å². The molecule has 2 fully saturated rings. The van der Waals surface area contributed by atoms with Crippen molar-refractivity contribution in [3.63, 3.8) is 0 Å². The summed E-state index contributed by atoms with van der Waals surface area (Å²) in [4.78, 5) is 9.77. The molecule has 3 nitrogen and oxygen atoms in total. The van der Waals surface area contributed by atoms with Crippen LogP contribution in [-0.4, -0.2) is 47.0 Å². The molecule has 3 rings (SSSR count). The smallest absolute Gasteiger partial charge is 0.0544 e. The maximum Gasteiger partial charge on any atom is 0.0544 e. The standard InChI is InChI=1S/C16H24BrN3/c17-14-4-5-15(18-12-14)13-19-10-6-16(7-11-19)20-8-2-1-3-9-20/h4-5,12,16H,1-3,6-11,13H2. The van der Waals surface area contributed by atoms with E-state index in [9.17, 15) is 0 Å². The predicted octanol–water partition coefficient (Wildman–Crippen LogP) is 3.29. The van der Waals surface area contributed by atoms with Crippen LogP contribution in [-0.2, 0) is 6.54 Å². The lowest BCUT2D eigenvalue weighted by atomic mass is 10.00. The quantitative estimate of drug-likeness (QED) is 0.843. The molecule has 0 amide bonds. The van der Waals surface area contributed by atoms with Crippen LogP contribution < -0.4 is 0 Å². The molecule has 2 aliphatic rings. The number of pyridine rings is 1. The zero-order valence-electron chi connectivity index (χ0n) is 12.1. The summed E-state index contributed by atoms with van der Waals surface area (Å²) in [7, 11) is 0. The fraction of sp³-hybridized carbons (Fsp3) is 0.688. The molecule has 0 aromatic carbocycles. The van der Waals surface area contributed by atoms with Gasteiger partial charge in [0.15, 0.2) is 0 Å². The highest BCUT2D eigenvalue weighted by Crippen LogP contribution is 2.21. The summed E-state index contributed by atoms with van der Waals surface area (Å²) in [6, 6.07) is 5.05. The molecule has 3 heterocycles. The molecule has 2 saturated heterocycles. The van der Waals surface area contributed by atoms with Crippen LogP contribution in [0.3, 0.4) is 0 Å². The second-order valence-corrected chi connectivity index (χ2v) is 6.99. The highest BCUT2D eigenvalue weighted by molar-refractivity contribution is 9.10. The summed E-state index contributed by atoms with van der Waals surface area (Å²) in [6.45, 7) is 6.11. The summed E-state index contributed by atoms with van der Waals surface area (Å²) in [5.74, 6) is 0. The molecule has 1 aromatic heterocycles. The third kappa shape index (κ3) is 3.80. The molecule has 0 spiro atoms. The van der Waals surface area contributed by atoms with Gasteiger partial charge in [0, 0.05) is 36.3 Å².